The summed E-state index contributed by atoms with van der Waals surface area (Å²) in [5.41, 5.74) is 4.91. The van der Waals surface area contributed by atoms with Crippen molar-refractivity contribution in [3.05, 3.63) is 95.3 Å². The second-order valence-electron chi connectivity index (χ2n) is 11.2. The lowest BCUT2D eigenvalue weighted by Gasteiger charge is -2.19. The number of carboxylic acid groups (broad SMARTS) is 2. The molecule has 1 aliphatic rings. The third-order valence-corrected chi connectivity index (χ3v) is 8.09. The lowest BCUT2D eigenvalue weighted by molar-refractivity contribution is -0.140. The third kappa shape index (κ3) is 7.21. The number of carbonyl (C=O) groups excluding carboxylic acids is 2. The summed E-state index contributed by atoms with van der Waals surface area (Å²) in [5, 5.41) is 27.4. The minimum absolute atomic E-state index is 0.0306. The normalized spacial score (nSPS) is 14.1. The van der Waals surface area contributed by atoms with E-state index >= 15 is 0 Å². The summed E-state index contributed by atoms with van der Waals surface area (Å²) >= 11 is 0. The van der Waals surface area contributed by atoms with E-state index in [4.69, 9.17) is 15.2 Å². The Labute approximate surface area is 260 Å². The molecular formula is C34H36N4O7. The zero-order chi connectivity index (χ0) is 31.9. The maximum Gasteiger partial charge on any atom is 0.323 e. The average molecular weight is 613 g/mol. The van der Waals surface area contributed by atoms with Crippen molar-refractivity contribution in [2.24, 2.45) is 0 Å². The van der Waals surface area contributed by atoms with Gasteiger partial charge in [-0.1, -0.05) is 42.5 Å². The standard InChI is InChI=1S/C34H36N4O7/c39-19-6-5-18-37-29-13-4-2-11-27(29)35-30(37)20-38-28-12-3-1-9-25(28)26(34(38)45)10-7-8-23-14-16-24(17-15-23)33(44)36(21-31(40)41)22-32(42)43/h1-4,9,11-17,26,39H,5-8,10,18-22H2,(H,40,41)(H,42,43). The molecule has 0 saturated heterocycles. The molecule has 0 radical (unpaired) electrons. The van der Waals surface area contributed by atoms with Crippen LogP contribution in [0, 0.1) is 0 Å². The molecule has 0 bridgehead atoms. The van der Waals surface area contributed by atoms with Crippen LogP contribution in [0.3, 0.4) is 0 Å². The molecule has 0 fully saturated rings. The third-order valence-electron chi connectivity index (χ3n) is 8.09. The highest BCUT2D eigenvalue weighted by Crippen LogP contribution is 2.40. The fourth-order valence-corrected chi connectivity index (χ4v) is 5.96. The Kier molecular flexibility index (Phi) is 9.89. The van der Waals surface area contributed by atoms with Gasteiger partial charge in [-0.25, -0.2) is 4.98 Å². The van der Waals surface area contributed by atoms with Gasteiger partial charge in [0.15, 0.2) is 0 Å². The maximum atomic E-state index is 13.9. The summed E-state index contributed by atoms with van der Waals surface area (Å²) in [6.07, 6.45) is 3.50. The second-order valence-corrected chi connectivity index (χ2v) is 11.2. The van der Waals surface area contributed by atoms with Crippen LogP contribution in [0.1, 0.15) is 58.9 Å². The molecule has 2 amide bonds. The molecule has 234 valence electrons. The number of carboxylic acids is 2. The molecule has 1 unspecified atom stereocenters. The van der Waals surface area contributed by atoms with Crippen LogP contribution in [-0.2, 0) is 33.9 Å². The first-order valence-electron chi connectivity index (χ1n) is 15.0. The molecule has 11 heteroatoms. The van der Waals surface area contributed by atoms with Gasteiger partial charge in [-0.15, -0.1) is 0 Å². The number of aliphatic hydroxyl groups is 1. The molecule has 3 N–H and O–H groups in total. The first-order valence-corrected chi connectivity index (χ1v) is 15.0. The van der Waals surface area contributed by atoms with Crippen molar-refractivity contribution in [1.29, 1.82) is 0 Å². The fraction of sp³-hybridized carbons (Fsp3) is 0.324. The molecule has 1 aliphatic heterocycles. The first-order chi connectivity index (χ1) is 21.8. The van der Waals surface area contributed by atoms with Gasteiger partial charge < -0.3 is 29.7 Å². The monoisotopic (exact) mass is 612 g/mol. The number of nitrogens with zero attached hydrogens (tertiary/aromatic N) is 4. The fourth-order valence-electron chi connectivity index (χ4n) is 5.96. The number of imidazole rings is 1. The number of aromatic nitrogens is 2. The van der Waals surface area contributed by atoms with E-state index in [1.54, 1.807) is 24.3 Å². The Balaban J connectivity index is 1.26. The van der Waals surface area contributed by atoms with Crippen LogP contribution in [-0.4, -0.2) is 73.2 Å². The van der Waals surface area contributed by atoms with Crippen molar-refractivity contribution < 1.29 is 34.5 Å². The summed E-state index contributed by atoms with van der Waals surface area (Å²) in [6, 6.07) is 22.4. The summed E-state index contributed by atoms with van der Waals surface area (Å²) in [7, 11) is 0. The van der Waals surface area contributed by atoms with E-state index in [-0.39, 0.29) is 24.0 Å². The molecule has 4 aromatic rings. The van der Waals surface area contributed by atoms with Crippen molar-refractivity contribution in [1.82, 2.24) is 14.5 Å². The highest BCUT2D eigenvalue weighted by atomic mass is 16.4. The molecule has 0 spiro atoms. The number of amides is 2. The van der Waals surface area contributed by atoms with Crippen LogP contribution in [0.2, 0.25) is 0 Å². The van der Waals surface area contributed by atoms with Crippen LogP contribution in [0.5, 0.6) is 0 Å². The highest BCUT2D eigenvalue weighted by molar-refractivity contribution is 6.04. The molecular weight excluding hydrogens is 576 g/mol. The van der Waals surface area contributed by atoms with Gasteiger partial charge in [-0.3, -0.25) is 19.2 Å². The van der Waals surface area contributed by atoms with Crippen LogP contribution in [0.4, 0.5) is 5.69 Å². The Morgan fingerprint density at radius 2 is 1.53 bits per heavy atom. The summed E-state index contributed by atoms with van der Waals surface area (Å²) in [4.78, 5) is 56.2. The van der Waals surface area contributed by atoms with Gasteiger partial charge >= 0.3 is 11.9 Å². The number of anilines is 1. The van der Waals surface area contributed by atoms with Crippen molar-refractivity contribution in [2.75, 3.05) is 24.6 Å². The molecule has 2 heterocycles. The Morgan fingerprint density at radius 1 is 0.844 bits per heavy atom. The zero-order valence-corrected chi connectivity index (χ0v) is 24.8. The van der Waals surface area contributed by atoms with Gasteiger partial charge in [0.2, 0.25) is 5.91 Å². The summed E-state index contributed by atoms with van der Waals surface area (Å²) in [6.45, 7) is -0.241. The van der Waals surface area contributed by atoms with Crippen molar-refractivity contribution in [2.45, 2.75) is 51.1 Å². The van der Waals surface area contributed by atoms with Crippen molar-refractivity contribution in [3.8, 4) is 0 Å². The number of rotatable bonds is 15. The number of carbonyl (C=O) groups is 4. The molecule has 1 atom stereocenters. The summed E-state index contributed by atoms with van der Waals surface area (Å²) < 4.78 is 2.14. The number of para-hydroxylation sites is 3. The number of aryl methyl sites for hydroxylation is 2. The van der Waals surface area contributed by atoms with Crippen LogP contribution >= 0.6 is 0 Å². The largest absolute Gasteiger partial charge is 0.480 e. The number of benzene rings is 3. The molecule has 0 aliphatic carbocycles. The highest BCUT2D eigenvalue weighted by Gasteiger charge is 2.37. The second kappa shape index (κ2) is 14.2. The van der Waals surface area contributed by atoms with Gasteiger partial charge in [0.1, 0.15) is 18.9 Å². The quantitative estimate of drug-likeness (QED) is 0.170. The minimum atomic E-state index is -1.29. The maximum absolute atomic E-state index is 13.9. The van der Waals surface area contributed by atoms with E-state index in [0.717, 1.165) is 51.4 Å². The zero-order valence-electron chi connectivity index (χ0n) is 24.8. The van der Waals surface area contributed by atoms with Crippen molar-refractivity contribution in [3.63, 3.8) is 0 Å². The van der Waals surface area contributed by atoms with Gasteiger partial charge in [-0.05, 0) is 73.6 Å². The topological polar surface area (TPSA) is 153 Å². The average Bonchev–Trinajstić information content (AvgIpc) is 3.50. The number of aliphatic carboxylic acids is 2. The van der Waals surface area contributed by atoms with E-state index in [0.29, 0.717) is 32.4 Å². The Bertz CT molecular complexity index is 1680. The molecule has 11 nitrogen and oxygen atoms in total. The van der Waals surface area contributed by atoms with Gasteiger partial charge in [0.25, 0.3) is 5.91 Å². The van der Waals surface area contributed by atoms with E-state index in [2.05, 4.69) is 4.57 Å². The smallest absolute Gasteiger partial charge is 0.323 e. The van der Waals surface area contributed by atoms with Gasteiger partial charge in [-0.2, -0.15) is 0 Å². The lowest BCUT2D eigenvalue weighted by atomic mass is 9.93. The first kappa shape index (κ1) is 31.4. The van der Waals surface area contributed by atoms with E-state index in [9.17, 15) is 24.3 Å². The van der Waals surface area contributed by atoms with Crippen molar-refractivity contribution >= 4 is 40.5 Å². The number of aliphatic hydroxyl groups excluding tert-OH is 1. The number of hydrogen-bond donors (Lipinski definition) is 3. The van der Waals surface area contributed by atoms with Crippen LogP contribution in [0.25, 0.3) is 11.0 Å². The van der Waals surface area contributed by atoms with E-state index < -0.39 is 30.9 Å². The molecule has 3 aromatic carbocycles. The van der Waals surface area contributed by atoms with Gasteiger partial charge in [0, 0.05) is 24.4 Å². The minimum Gasteiger partial charge on any atom is -0.480 e. The van der Waals surface area contributed by atoms with Crippen LogP contribution < -0.4 is 4.90 Å². The van der Waals surface area contributed by atoms with E-state index in [1.165, 1.54) is 0 Å². The number of hydrogen-bond acceptors (Lipinski definition) is 6. The number of fused-ring (bicyclic) bond motifs is 2. The molecule has 45 heavy (non-hydrogen) atoms. The Morgan fingerprint density at radius 3 is 2.24 bits per heavy atom. The molecule has 5 rings (SSSR count). The van der Waals surface area contributed by atoms with E-state index in [1.807, 2.05) is 53.4 Å². The summed E-state index contributed by atoms with van der Waals surface area (Å²) in [5.74, 6) is -2.71. The predicted molar refractivity (Wildman–Crippen MR) is 167 cm³/mol. The Hall–Kier alpha value is -5.03. The number of unbranched alkanes of at least 4 members (excludes halogenated alkanes) is 1. The molecule has 1 aromatic heterocycles. The van der Waals surface area contributed by atoms with Gasteiger partial charge in [0.05, 0.1) is 23.5 Å². The predicted octanol–water partition coefficient (Wildman–Crippen LogP) is 4.07. The lowest BCUT2D eigenvalue weighted by Crippen LogP contribution is -2.39. The van der Waals surface area contributed by atoms with Crippen LogP contribution in [0.15, 0.2) is 72.8 Å². The SMILES string of the molecule is O=C(O)CN(CC(=O)O)C(=O)c1ccc(CCCC2C(=O)N(Cc3nc4ccccc4n3CCCCO)c3ccccc32)cc1. The molecule has 0 saturated carbocycles.